The fraction of sp³-hybridized carbons (Fsp3) is 0.294. The summed E-state index contributed by atoms with van der Waals surface area (Å²) in [6.45, 7) is 2.80. The van der Waals surface area contributed by atoms with Gasteiger partial charge in [0.1, 0.15) is 11.8 Å². The molecule has 0 unspecified atom stereocenters. The molecule has 1 N–H and O–H groups in total. The molecule has 7 nitrogen and oxygen atoms in total. The molecule has 0 spiro atoms. The molecule has 1 heterocycles. The highest BCUT2D eigenvalue weighted by Gasteiger charge is 2.14. The van der Waals surface area contributed by atoms with Gasteiger partial charge in [0, 0.05) is 6.54 Å². The van der Waals surface area contributed by atoms with E-state index in [4.69, 9.17) is 10.00 Å². The number of carbonyl (C=O) groups excluding carboxylic acids is 1. The van der Waals surface area contributed by atoms with Crippen LogP contribution < -0.4 is 15.0 Å². The minimum Gasteiger partial charge on any atom is -0.495 e. The van der Waals surface area contributed by atoms with Gasteiger partial charge in [0.25, 0.3) is 0 Å². The average molecular weight is 325 g/mol. The van der Waals surface area contributed by atoms with E-state index in [9.17, 15) is 4.79 Å². The van der Waals surface area contributed by atoms with Crippen LogP contribution >= 0.6 is 0 Å². The molecule has 0 aliphatic rings. The number of aromatic nitrogens is 2. The molecule has 124 valence electrons. The Kier molecular flexibility index (Phi) is 6.08. The highest BCUT2D eigenvalue weighted by Crippen LogP contribution is 2.23. The number of benzene rings is 1. The second-order valence-corrected chi connectivity index (χ2v) is 5.06. The van der Waals surface area contributed by atoms with Gasteiger partial charge in [0.05, 0.1) is 19.3 Å². The number of anilines is 2. The summed E-state index contributed by atoms with van der Waals surface area (Å²) < 4.78 is 5.23. The quantitative estimate of drug-likeness (QED) is 0.839. The Morgan fingerprint density at radius 2 is 2.08 bits per heavy atom. The van der Waals surface area contributed by atoms with Crippen molar-refractivity contribution in [1.29, 1.82) is 5.26 Å². The van der Waals surface area contributed by atoms with Gasteiger partial charge in [0.15, 0.2) is 11.5 Å². The maximum Gasteiger partial charge on any atom is 0.244 e. The molecule has 0 fully saturated rings. The van der Waals surface area contributed by atoms with Crippen LogP contribution in [-0.2, 0) is 4.79 Å². The number of ether oxygens (including phenoxy) is 1. The molecule has 1 aromatic carbocycles. The van der Waals surface area contributed by atoms with Crippen molar-refractivity contribution in [2.24, 2.45) is 0 Å². The van der Waals surface area contributed by atoms with E-state index in [1.807, 2.05) is 30.0 Å². The molecule has 1 amide bonds. The minimum absolute atomic E-state index is 0.131. The van der Waals surface area contributed by atoms with Gasteiger partial charge in [-0.05, 0) is 30.7 Å². The molecule has 0 aliphatic carbocycles. The van der Waals surface area contributed by atoms with Crippen molar-refractivity contribution >= 4 is 17.4 Å². The molecule has 0 radical (unpaired) electrons. The molecular formula is C17H19N5O2. The lowest BCUT2D eigenvalue weighted by Gasteiger charge is -2.22. The third kappa shape index (κ3) is 4.43. The van der Waals surface area contributed by atoms with Crippen LogP contribution in [0.4, 0.5) is 11.5 Å². The van der Waals surface area contributed by atoms with Gasteiger partial charge in [-0.2, -0.15) is 5.26 Å². The molecule has 24 heavy (non-hydrogen) atoms. The largest absolute Gasteiger partial charge is 0.495 e. The third-order valence-electron chi connectivity index (χ3n) is 3.30. The first-order valence-corrected chi connectivity index (χ1v) is 7.59. The molecule has 0 bridgehead atoms. The Balaban J connectivity index is 2.09. The Bertz CT molecular complexity index is 725. The number of nitriles is 1. The zero-order valence-corrected chi connectivity index (χ0v) is 13.7. The van der Waals surface area contributed by atoms with Gasteiger partial charge in [-0.1, -0.05) is 19.1 Å². The molecular weight excluding hydrogens is 306 g/mol. The van der Waals surface area contributed by atoms with Crippen molar-refractivity contribution in [3.05, 3.63) is 42.1 Å². The standard InChI is InChI=1S/C17H19N5O2/c1-3-10-22(16-9-8-13(11-18)20-21-16)12-17(23)19-14-6-4-5-7-15(14)24-2/h4-9H,3,10,12H2,1-2H3,(H,19,23). The molecule has 0 saturated heterocycles. The Hall–Kier alpha value is -3.14. The molecule has 0 saturated carbocycles. The highest BCUT2D eigenvalue weighted by atomic mass is 16.5. The highest BCUT2D eigenvalue weighted by molar-refractivity contribution is 5.95. The SMILES string of the molecule is CCCN(CC(=O)Nc1ccccc1OC)c1ccc(C#N)nn1. The molecule has 1 aromatic heterocycles. The van der Waals surface area contributed by atoms with E-state index in [0.29, 0.717) is 23.8 Å². The number of hydrogen-bond donors (Lipinski definition) is 1. The molecule has 2 aromatic rings. The molecule has 0 aliphatic heterocycles. The Labute approximate surface area is 140 Å². The summed E-state index contributed by atoms with van der Waals surface area (Å²) in [5, 5.41) is 19.4. The van der Waals surface area contributed by atoms with E-state index in [-0.39, 0.29) is 18.1 Å². The zero-order valence-electron chi connectivity index (χ0n) is 13.7. The first-order valence-electron chi connectivity index (χ1n) is 7.59. The number of amides is 1. The van der Waals surface area contributed by atoms with Crippen LogP contribution in [0.1, 0.15) is 19.0 Å². The molecule has 7 heteroatoms. The lowest BCUT2D eigenvalue weighted by Crippen LogP contribution is -2.34. The van der Waals surface area contributed by atoms with E-state index in [2.05, 4.69) is 15.5 Å². The summed E-state index contributed by atoms with van der Waals surface area (Å²) >= 11 is 0. The van der Waals surface area contributed by atoms with Gasteiger partial charge in [0.2, 0.25) is 5.91 Å². The maximum absolute atomic E-state index is 12.4. The first-order chi connectivity index (χ1) is 11.7. The summed E-state index contributed by atoms with van der Waals surface area (Å²) in [6, 6.07) is 12.4. The van der Waals surface area contributed by atoms with Crippen LogP contribution in [0.15, 0.2) is 36.4 Å². The predicted octanol–water partition coefficient (Wildman–Crippen LogP) is 2.21. The topological polar surface area (TPSA) is 91.1 Å². The second-order valence-electron chi connectivity index (χ2n) is 5.06. The predicted molar refractivity (Wildman–Crippen MR) is 90.9 cm³/mol. The van der Waals surface area contributed by atoms with E-state index in [1.54, 1.807) is 31.4 Å². The van der Waals surface area contributed by atoms with Crippen molar-refractivity contribution < 1.29 is 9.53 Å². The number of methoxy groups -OCH3 is 1. The zero-order chi connectivity index (χ0) is 17.4. The van der Waals surface area contributed by atoms with Crippen LogP contribution in [0, 0.1) is 11.3 Å². The van der Waals surface area contributed by atoms with Crippen molar-refractivity contribution in [3.63, 3.8) is 0 Å². The number of carbonyl (C=O) groups is 1. The van der Waals surface area contributed by atoms with Gasteiger partial charge >= 0.3 is 0 Å². The van der Waals surface area contributed by atoms with Crippen molar-refractivity contribution in [2.75, 3.05) is 30.4 Å². The van der Waals surface area contributed by atoms with Gasteiger partial charge < -0.3 is 15.0 Å². The fourth-order valence-electron chi connectivity index (χ4n) is 2.21. The van der Waals surface area contributed by atoms with E-state index in [1.165, 1.54) is 0 Å². The minimum atomic E-state index is -0.181. The van der Waals surface area contributed by atoms with Crippen molar-refractivity contribution in [2.45, 2.75) is 13.3 Å². The van der Waals surface area contributed by atoms with E-state index >= 15 is 0 Å². The lowest BCUT2D eigenvalue weighted by atomic mass is 10.3. The number of nitrogens with one attached hydrogen (secondary N) is 1. The summed E-state index contributed by atoms with van der Waals surface area (Å²) in [5.74, 6) is 0.983. The van der Waals surface area contributed by atoms with Crippen LogP contribution in [0.2, 0.25) is 0 Å². The fourth-order valence-corrected chi connectivity index (χ4v) is 2.21. The van der Waals surface area contributed by atoms with Gasteiger partial charge in [-0.3, -0.25) is 4.79 Å². The van der Waals surface area contributed by atoms with Gasteiger partial charge in [-0.15, -0.1) is 10.2 Å². The second kappa shape index (κ2) is 8.48. The Morgan fingerprint density at radius 3 is 2.71 bits per heavy atom. The van der Waals surface area contributed by atoms with Crippen molar-refractivity contribution in [1.82, 2.24) is 10.2 Å². The van der Waals surface area contributed by atoms with Gasteiger partial charge in [-0.25, -0.2) is 0 Å². The monoisotopic (exact) mass is 325 g/mol. The number of nitrogens with zero attached hydrogens (tertiary/aromatic N) is 4. The van der Waals surface area contributed by atoms with Crippen LogP contribution in [-0.4, -0.2) is 36.3 Å². The molecule has 2 rings (SSSR count). The smallest absolute Gasteiger partial charge is 0.244 e. The maximum atomic E-state index is 12.4. The summed E-state index contributed by atoms with van der Waals surface area (Å²) in [7, 11) is 1.56. The summed E-state index contributed by atoms with van der Waals surface area (Å²) in [5.41, 5.74) is 0.862. The van der Waals surface area contributed by atoms with Crippen LogP contribution in [0.3, 0.4) is 0 Å². The van der Waals surface area contributed by atoms with Crippen LogP contribution in [0.5, 0.6) is 5.75 Å². The first kappa shape index (κ1) is 17.2. The van der Waals surface area contributed by atoms with E-state index in [0.717, 1.165) is 6.42 Å². The summed E-state index contributed by atoms with van der Waals surface area (Å²) in [4.78, 5) is 14.2. The van der Waals surface area contributed by atoms with E-state index < -0.39 is 0 Å². The number of rotatable bonds is 7. The number of hydrogen-bond acceptors (Lipinski definition) is 6. The Morgan fingerprint density at radius 1 is 1.29 bits per heavy atom. The van der Waals surface area contributed by atoms with Crippen LogP contribution in [0.25, 0.3) is 0 Å². The lowest BCUT2D eigenvalue weighted by molar-refractivity contribution is -0.115. The summed E-state index contributed by atoms with van der Waals surface area (Å²) in [6.07, 6.45) is 0.851. The third-order valence-corrected chi connectivity index (χ3v) is 3.30. The van der Waals surface area contributed by atoms with Crippen molar-refractivity contribution in [3.8, 4) is 11.8 Å². The normalized spacial score (nSPS) is 9.88. The molecule has 0 atom stereocenters. The number of para-hydroxylation sites is 2. The average Bonchev–Trinajstić information content (AvgIpc) is 2.62.